The van der Waals surface area contributed by atoms with Gasteiger partial charge >= 0.3 is 6.03 Å². The number of aliphatic hydroxyl groups excluding tert-OH is 1. The molecule has 1 aromatic carbocycles. The van der Waals surface area contributed by atoms with E-state index in [2.05, 4.69) is 15.4 Å². The summed E-state index contributed by atoms with van der Waals surface area (Å²) in [6.07, 6.45) is 0.0722. The number of benzene rings is 1. The lowest BCUT2D eigenvalue weighted by Crippen LogP contribution is -2.33. The number of amides is 2. The average molecular weight is 468 g/mol. The van der Waals surface area contributed by atoms with Crippen molar-refractivity contribution < 1.29 is 31.9 Å². The third-order valence-corrected chi connectivity index (χ3v) is 5.69. The van der Waals surface area contributed by atoms with Crippen LogP contribution in [-0.2, 0) is 0 Å². The summed E-state index contributed by atoms with van der Waals surface area (Å²) in [7, 11) is 0. The fraction of sp³-hybridized carbons (Fsp3) is 0.350. The van der Waals surface area contributed by atoms with Gasteiger partial charge in [-0.15, -0.1) is 5.10 Å². The number of carbonyl (C=O) groups is 1. The van der Waals surface area contributed by atoms with Gasteiger partial charge in [-0.25, -0.2) is 31.9 Å². The maximum atomic E-state index is 14.4. The Morgan fingerprint density at radius 1 is 1.21 bits per heavy atom. The van der Waals surface area contributed by atoms with E-state index in [1.807, 2.05) is 5.32 Å². The highest BCUT2D eigenvalue weighted by Gasteiger charge is 2.58. The normalized spacial score (nSPS) is 23.7. The van der Waals surface area contributed by atoms with E-state index in [1.54, 1.807) is 0 Å². The third kappa shape index (κ3) is 3.92. The minimum atomic E-state index is -3.00. The molecule has 13 heteroatoms. The first-order chi connectivity index (χ1) is 15.6. The topological polar surface area (TPSA) is 94.8 Å². The number of β-amino-alcohol motifs (C(OH)–C–C–N with tert-alkyl or cyclic N) is 1. The van der Waals surface area contributed by atoms with E-state index >= 15 is 0 Å². The van der Waals surface area contributed by atoms with Gasteiger partial charge in [0, 0.05) is 24.7 Å². The van der Waals surface area contributed by atoms with Crippen LogP contribution in [0.15, 0.2) is 30.5 Å². The molecule has 174 valence electrons. The predicted octanol–water partition coefficient (Wildman–Crippen LogP) is 2.99. The van der Waals surface area contributed by atoms with Gasteiger partial charge in [0.1, 0.15) is 29.2 Å². The SMILES string of the molecule is O=C(Nc1c(F)nn2ccc(N3C[C@@H](O)C[C@@H]3c3cc(F)ccc3F)nc12)NC1CC1(F)F. The molecule has 2 aromatic heterocycles. The van der Waals surface area contributed by atoms with Crippen LogP contribution in [0.4, 0.5) is 38.3 Å². The molecule has 3 N–H and O–H groups in total. The molecule has 3 heterocycles. The molecule has 5 rings (SSSR count). The van der Waals surface area contributed by atoms with E-state index < -0.39 is 59.8 Å². The number of aromatic nitrogens is 3. The van der Waals surface area contributed by atoms with Gasteiger partial charge in [0.05, 0.1) is 12.1 Å². The number of carbonyl (C=O) groups excluding carboxylic acids is 1. The zero-order valence-corrected chi connectivity index (χ0v) is 16.8. The van der Waals surface area contributed by atoms with Crippen molar-refractivity contribution in [1.29, 1.82) is 0 Å². The summed E-state index contributed by atoms with van der Waals surface area (Å²) in [5.74, 6) is -5.21. The van der Waals surface area contributed by atoms with Crippen molar-refractivity contribution in [3.05, 3.63) is 53.6 Å². The molecule has 33 heavy (non-hydrogen) atoms. The Kier molecular flexibility index (Phi) is 4.88. The number of nitrogens with zero attached hydrogens (tertiary/aromatic N) is 4. The summed E-state index contributed by atoms with van der Waals surface area (Å²) < 4.78 is 69.6. The van der Waals surface area contributed by atoms with Crippen molar-refractivity contribution in [2.24, 2.45) is 0 Å². The number of aliphatic hydroxyl groups is 1. The monoisotopic (exact) mass is 468 g/mol. The highest BCUT2D eigenvalue weighted by atomic mass is 19.3. The highest BCUT2D eigenvalue weighted by Crippen LogP contribution is 2.41. The van der Waals surface area contributed by atoms with Gasteiger partial charge in [0.2, 0.25) is 0 Å². The van der Waals surface area contributed by atoms with E-state index in [0.29, 0.717) is 0 Å². The molecular formula is C20H17F5N6O2. The fourth-order valence-electron chi connectivity index (χ4n) is 3.97. The number of hydrogen-bond donors (Lipinski definition) is 3. The first kappa shape index (κ1) is 21.4. The minimum Gasteiger partial charge on any atom is -0.391 e. The molecule has 8 nitrogen and oxygen atoms in total. The van der Waals surface area contributed by atoms with Crippen LogP contribution >= 0.6 is 0 Å². The van der Waals surface area contributed by atoms with Gasteiger partial charge in [-0.1, -0.05) is 0 Å². The van der Waals surface area contributed by atoms with Crippen molar-refractivity contribution in [1.82, 2.24) is 19.9 Å². The number of fused-ring (bicyclic) bond motifs is 1. The Labute approximate surface area is 183 Å². The summed E-state index contributed by atoms with van der Waals surface area (Å²) in [5, 5.41) is 18.0. The lowest BCUT2D eigenvalue weighted by atomic mass is 10.0. The van der Waals surface area contributed by atoms with Gasteiger partial charge in [-0.2, -0.15) is 4.39 Å². The molecule has 1 aliphatic heterocycles. The number of anilines is 2. The molecule has 2 amide bonds. The van der Waals surface area contributed by atoms with Crippen molar-refractivity contribution in [2.45, 2.75) is 37.0 Å². The van der Waals surface area contributed by atoms with Crippen molar-refractivity contribution in [3.8, 4) is 0 Å². The lowest BCUT2D eigenvalue weighted by molar-refractivity contribution is 0.108. The van der Waals surface area contributed by atoms with E-state index in [9.17, 15) is 31.9 Å². The average Bonchev–Trinajstić information content (AvgIpc) is 3.05. The molecule has 3 aromatic rings. The smallest absolute Gasteiger partial charge is 0.319 e. The molecule has 1 aliphatic carbocycles. The quantitative estimate of drug-likeness (QED) is 0.512. The molecule has 1 saturated heterocycles. The van der Waals surface area contributed by atoms with Crippen LogP contribution in [-0.4, -0.2) is 50.3 Å². The number of nitrogens with one attached hydrogen (secondary N) is 2. The molecule has 2 fully saturated rings. The second kappa shape index (κ2) is 7.54. The molecule has 3 atom stereocenters. The van der Waals surface area contributed by atoms with Crippen LogP contribution in [0, 0.1) is 17.6 Å². The largest absolute Gasteiger partial charge is 0.391 e. The van der Waals surface area contributed by atoms with Crippen LogP contribution in [0.2, 0.25) is 0 Å². The predicted molar refractivity (Wildman–Crippen MR) is 106 cm³/mol. The molecule has 1 unspecified atom stereocenters. The zero-order valence-electron chi connectivity index (χ0n) is 16.8. The third-order valence-electron chi connectivity index (χ3n) is 5.69. The number of halogens is 5. The Balaban J connectivity index is 1.46. The zero-order chi connectivity index (χ0) is 23.5. The molecule has 1 saturated carbocycles. The second-order valence-corrected chi connectivity index (χ2v) is 8.06. The number of alkyl halides is 2. The Hall–Kier alpha value is -3.48. The molecular weight excluding hydrogens is 451 g/mol. The van der Waals surface area contributed by atoms with Gasteiger partial charge in [0.15, 0.2) is 5.65 Å². The summed E-state index contributed by atoms with van der Waals surface area (Å²) in [4.78, 5) is 17.8. The van der Waals surface area contributed by atoms with Gasteiger partial charge in [-0.3, -0.25) is 0 Å². The summed E-state index contributed by atoms with van der Waals surface area (Å²) in [6, 6.07) is 1.31. The second-order valence-electron chi connectivity index (χ2n) is 8.06. The van der Waals surface area contributed by atoms with Crippen molar-refractivity contribution in [2.75, 3.05) is 16.8 Å². The number of rotatable bonds is 4. The van der Waals surface area contributed by atoms with Gasteiger partial charge < -0.3 is 20.6 Å². The Bertz CT molecular complexity index is 1250. The molecule has 2 aliphatic rings. The fourth-order valence-corrected chi connectivity index (χ4v) is 3.97. The van der Waals surface area contributed by atoms with Crippen LogP contribution in [0.5, 0.6) is 0 Å². The van der Waals surface area contributed by atoms with Crippen LogP contribution in [0.3, 0.4) is 0 Å². The van der Waals surface area contributed by atoms with E-state index in [-0.39, 0.29) is 30.0 Å². The summed E-state index contributed by atoms with van der Waals surface area (Å²) in [5.41, 5.74) is -0.551. The molecule has 0 radical (unpaired) electrons. The van der Waals surface area contributed by atoms with Crippen LogP contribution in [0.25, 0.3) is 5.65 Å². The van der Waals surface area contributed by atoms with E-state index in [4.69, 9.17) is 0 Å². The summed E-state index contributed by atoms with van der Waals surface area (Å²) in [6.45, 7) is 0.0421. The van der Waals surface area contributed by atoms with Crippen LogP contribution < -0.4 is 15.5 Å². The highest BCUT2D eigenvalue weighted by molar-refractivity contribution is 5.93. The maximum absolute atomic E-state index is 14.4. The molecule has 0 bridgehead atoms. The maximum Gasteiger partial charge on any atom is 0.319 e. The molecule has 0 spiro atoms. The lowest BCUT2D eigenvalue weighted by Gasteiger charge is -2.26. The van der Waals surface area contributed by atoms with Gasteiger partial charge in [0.25, 0.3) is 11.9 Å². The van der Waals surface area contributed by atoms with E-state index in [1.165, 1.54) is 17.2 Å². The van der Waals surface area contributed by atoms with Gasteiger partial charge in [-0.05, 0) is 30.7 Å². The van der Waals surface area contributed by atoms with E-state index in [0.717, 1.165) is 22.7 Å². The first-order valence-corrected chi connectivity index (χ1v) is 10.0. The summed E-state index contributed by atoms with van der Waals surface area (Å²) >= 11 is 0. The van der Waals surface area contributed by atoms with Crippen LogP contribution in [0.1, 0.15) is 24.4 Å². The Morgan fingerprint density at radius 3 is 2.70 bits per heavy atom. The standard InChI is InChI=1S/C20H17F5N6O2/c21-9-1-2-12(22)11(5-9)13-6-10(32)8-30(13)15-3-4-31-18(27-15)16(17(23)29-31)28-19(33)26-14-7-20(14,24)25/h1-5,10,13-14,32H,6-8H2,(H2,26,28,33)/t10-,13+,14?/m0/s1. The van der Waals surface area contributed by atoms with Crippen molar-refractivity contribution in [3.63, 3.8) is 0 Å². The van der Waals surface area contributed by atoms with Crippen molar-refractivity contribution >= 4 is 23.2 Å². The first-order valence-electron chi connectivity index (χ1n) is 10.0. The minimum absolute atomic E-state index is 0.0241. The Morgan fingerprint density at radius 2 is 1.97 bits per heavy atom. The number of hydrogen-bond acceptors (Lipinski definition) is 5. The number of urea groups is 1.